The Hall–Kier alpha value is -1.35. The van der Waals surface area contributed by atoms with Crippen LogP contribution < -0.4 is 5.73 Å². The lowest BCUT2D eigenvalue weighted by Gasteiger charge is -2.21. The lowest BCUT2D eigenvalue weighted by Crippen LogP contribution is -2.17. The Balaban J connectivity index is 1.86. The molecule has 0 radical (unpaired) electrons. The molecule has 1 aromatic carbocycles. The van der Waals surface area contributed by atoms with Crippen LogP contribution in [0.25, 0.3) is 0 Å². The number of rotatable bonds is 4. The van der Waals surface area contributed by atoms with Gasteiger partial charge in [0.15, 0.2) is 0 Å². The highest BCUT2D eigenvalue weighted by atomic mass is 16.5. The SMILES string of the molecule is NCc1cccc(C(=O)OCC2CCCCC2)c1. The van der Waals surface area contributed by atoms with Gasteiger partial charge in [0.25, 0.3) is 0 Å². The Morgan fingerprint density at radius 2 is 2.06 bits per heavy atom. The van der Waals surface area contributed by atoms with Gasteiger partial charge in [0.05, 0.1) is 12.2 Å². The molecule has 0 unspecified atom stereocenters. The van der Waals surface area contributed by atoms with E-state index in [0.717, 1.165) is 5.56 Å². The first-order valence-corrected chi connectivity index (χ1v) is 6.75. The van der Waals surface area contributed by atoms with Gasteiger partial charge in [-0.1, -0.05) is 31.4 Å². The number of esters is 1. The molecule has 98 valence electrons. The van der Waals surface area contributed by atoms with Gasteiger partial charge in [-0.3, -0.25) is 0 Å². The molecule has 3 nitrogen and oxygen atoms in total. The van der Waals surface area contributed by atoms with E-state index in [2.05, 4.69) is 0 Å². The minimum absolute atomic E-state index is 0.226. The van der Waals surface area contributed by atoms with Gasteiger partial charge in [0.1, 0.15) is 0 Å². The van der Waals surface area contributed by atoms with Crippen molar-refractivity contribution >= 4 is 5.97 Å². The summed E-state index contributed by atoms with van der Waals surface area (Å²) in [4.78, 5) is 11.9. The summed E-state index contributed by atoms with van der Waals surface area (Å²) in [6.45, 7) is 1.01. The van der Waals surface area contributed by atoms with E-state index in [1.165, 1.54) is 32.1 Å². The maximum absolute atomic E-state index is 11.9. The van der Waals surface area contributed by atoms with Gasteiger partial charge in [-0.25, -0.2) is 4.79 Å². The van der Waals surface area contributed by atoms with Crippen molar-refractivity contribution in [2.24, 2.45) is 11.7 Å². The summed E-state index contributed by atoms with van der Waals surface area (Å²) in [6.07, 6.45) is 6.24. The fourth-order valence-electron chi connectivity index (χ4n) is 2.46. The van der Waals surface area contributed by atoms with E-state index in [1.54, 1.807) is 6.07 Å². The van der Waals surface area contributed by atoms with E-state index >= 15 is 0 Å². The number of ether oxygens (including phenoxy) is 1. The standard InChI is InChI=1S/C15H21NO2/c16-10-13-7-4-8-14(9-13)15(17)18-11-12-5-2-1-3-6-12/h4,7-9,12H,1-3,5-6,10-11,16H2. The van der Waals surface area contributed by atoms with Crippen molar-refractivity contribution in [1.29, 1.82) is 0 Å². The fraction of sp³-hybridized carbons (Fsp3) is 0.533. The van der Waals surface area contributed by atoms with Gasteiger partial charge in [-0.05, 0) is 36.5 Å². The van der Waals surface area contributed by atoms with Crippen LogP contribution in [0.2, 0.25) is 0 Å². The zero-order chi connectivity index (χ0) is 12.8. The molecule has 2 N–H and O–H groups in total. The monoisotopic (exact) mass is 247 g/mol. The average Bonchev–Trinajstić information content (AvgIpc) is 2.46. The lowest BCUT2D eigenvalue weighted by molar-refractivity contribution is 0.0410. The van der Waals surface area contributed by atoms with Crippen LogP contribution in [-0.4, -0.2) is 12.6 Å². The zero-order valence-electron chi connectivity index (χ0n) is 10.7. The van der Waals surface area contributed by atoms with E-state index in [1.807, 2.05) is 18.2 Å². The minimum Gasteiger partial charge on any atom is -0.462 e. The lowest BCUT2D eigenvalue weighted by atomic mass is 9.90. The third kappa shape index (κ3) is 3.57. The molecule has 1 aliphatic rings. The molecular weight excluding hydrogens is 226 g/mol. The first-order chi connectivity index (χ1) is 8.79. The number of carbonyl (C=O) groups is 1. The molecular formula is C15H21NO2. The first-order valence-electron chi connectivity index (χ1n) is 6.75. The molecule has 0 aliphatic heterocycles. The molecule has 2 rings (SSSR count). The molecule has 0 saturated heterocycles. The Morgan fingerprint density at radius 3 is 2.78 bits per heavy atom. The largest absolute Gasteiger partial charge is 0.462 e. The van der Waals surface area contributed by atoms with Crippen molar-refractivity contribution in [1.82, 2.24) is 0 Å². The molecule has 1 saturated carbocycles. The van der Waals surface area contributed by atoms with Crippen LogP contribution in [0.4, 0.5) is 0 Å². The number of carbonyl (C=O) groups excluding carboxylic acids is 1. The first kappa shape index (κ1) is 13.1. The number of hydrogen-bond acceptors (Lipinski definition) is 3. The van der Waals surface area contributed by atoms with Crippen LogP contribution in [0, 0.1) is 5.92 Å². The van der Waals surface area contributed by atoms with E-state index in [9.17, 15) is 4.79 Å². The average molecular weight is 247 g/mol. The normalized spacial score (nSPS) is 16.5. The fourth-order valence-corrected chi connectivity index (χ4v) is 2.46. The summed E-state index contributed by atoms with van der Waals surface area (Å²) in [5, 5.41) is 0. The molecule has 1 aromatic rings. The second-order valence-electron chi connectivity index (χ2n) is 5.01. The third-order valence-electron chi connectivity index (χ3n) is 3.57. The number of benzene rings is 1. The molecule has 0 bridgehead atoms. The van der Waals surface area contributed by atoms with E-state index in [-0.39, 0.29) is 5.97 Å². The topological polar surface area (TPSA) is 52.3 Å². The second kappa shape index (κ2) is 6.55. The van der Waals surface area contributed by atoms with Crippen molar-refractivity contribution < 1.29 is 9.53 Å². The Kier molecular flexibility index (Phi) is 4.76. The number of nitrogens with two attached hydrogens (primary N) is 1. The van der Waals surface area contributed by atoms with Crippen LogP contribution in [0.1, 0.15) is 48.0 Å². The smallest absolute Gasteiger partial charge is 0.338 e. The molecule has 0 spiro atoms. The van der Waals surface area contributed by atoms with Crippen LogP contribution in [-0.2, 0) is 11.3 Å². The van der Waals surface area contributed by atoms with Crippen molar-refractivity contribution in [3.05, 3.63) is 35.4 Å². The van der Waals surface area contributed by atoms with Gasteiger partial charge in [0.2, 0.25) is 0 Å². The molecule has 0 amide bonds. The predicted octanol–water partition coefficient (Wildman–Crippen LogP) is 2.88. The second-order valence-corrected chi connectivity index (χ2v) is 5.01. The Morgan fingerprint density at radius 1 is 1.28 bits per heavy atom. The zero-order valence-corrected chi connectivity index (χ0v) is 10.7. The molecule has 3 heteroatoms. The highest BCUT2D eigenvalue weighted by Gasteiger charge is 2.16. The van der Waals surface area contributed by atoms with Crippen molar-refractivity contribution in [2.75, 3.05) is 6.61 Å². The van der Waals surface area contributed by atoms with Crippen LogP contribution in [0.15, 0.2) is 24.3 Å². The van der Waals surface area contributed by atoms with Crippen molar-refractivity contribution in [3.8, 4) is 0 Å². The van der Waals surface area contributed by atoms with Gasteiger partial charge in [-0.2, -0.15) is 0 Å². The quantitative estimate of drug-likeness (QED) is 0.832. The highest BCUT2D eigenvalue weighted by molar-refractivity contribution is 5.89. The summed E-state index contributed by atoms with van der Waals surface area (Å²) in [7, 11) is 0. The maximum Gasteiger partial charge on any atom is 0.338 e. The molecule has 0 aromatic heterocycles. The predicted molar refractivity (Wildman–Crippen MR) is 71.2 cm³/mol. The maximum atomic E-state index is 11.9. The highest BCUT2D eigenvalue weighted by Crippen LogP contribution is 2.24. The summed E-state index contributed by atoms with van der Waals surface area (Å²) < 4.78 is 5.39. The summed E-state index contributed by atoms with van der Waals surface area (Å²) >= 11 is 0. The third-order valence-corrected chi connectivity index (χ3v) is 3.57. The van der Waals surface area contributed by atoms with Crippen molar-refractivity contribution in [3.63, 3.8) is 0 Å². The van der Waals surface area contributed by atoms with Crippen LogP contribution in [0.5, 0.6) is 0 Å². The van der Waals surface area contributed by atoms with Gasteiger partial charge in [0, 0.05) is 6.54 Å². The summed E-state index contributed by atoms with van der Waals surface area (Å²) in [6, 6.07) is 7.35. The summed E-state index contributed by atoms with van der Waals surface area (Å²) in [5.74, 6) is 0.330. The van der Waals surface area contributed by atoms with Crippen LogP contribution in [0.3, 0.4) is 0 Å². The van der Waals surface area contributed by atoms with E-state index in [4.69, 9.17) is 10.5 Å². The van der Waals surface area contributed by atoms with E-state index < -0.39 is 0 Å². The van der Waals surface area contributed by atoms with Gasteiger partial charge < -0.3 is 10.5 Å². The van der Waals surface area contributed by atoms with Crippen molar-refractivity contribution in [2.45, 2.75) is 38.6 Å². The van der Waals surface area contributed by atoms with E-state index in [0.29, 0.717) is 24.6 Å². The Labute approximate surface area is 108 Å². The molecule has 0 heterocycles. The molecule has 18 heavy (non-hydrogen) atoms. The number of hydrogen-bond donors (Lipinski definition) is 1. The molecule has 0 atom stereocenters. The van der Waals surface area contributed by atoms with Gasteiger partial charge >= 0.3 is 5.97 Å². The minimum atomic E-state index is -0.226. The molecule has 1 aliphatic carbocycles. The Bertz CT molecular complexity index is 397. The summed E-state index contributed by atoms with van der Waals surface area (Å²) in [5.41, 5.74) is 7.12. The van der Waals surface area contributed by atoms with Crippen LogP contribution >= 0.6 is 0 Å². The van der Waals surface area contributed by atoms with Gasteiger partial charge in [-0.15, -0.1) is 0 Å². The molecule has 1 fully saturated rings.